The lowest BCUT2D eigenvalue weighted by Crippen LogP contribution is -2.29. The monoisotopic (exact) mass is 264 g/mol. The van der Waals surface area contributed by atoms with E-state index in [2.05, 4.69) is 10.3 Å². The fraction of sp³-hybridized carbons (Fsp3) is 0.273. The van der Waals surface area contributed by atoms with E-state index in [1.165, 1.54) is 10.9 Å². The van der Waals surface area contributed by atoms with Crippen molar-refractivity contribution < 1.29 is 9.59 Å². The van der Waals surface area contributed by atoms with Gasteiger partial charge >= 0.3 is 0 Å². The number of likely N-dealkylation sites (N-methyl/N-ethyl adjacent to an activating group) is 1. The van der Waals surface area contributed by atoms with E-state index in [9.17, 15) is 9.59 Å². The van der Waals surface area contributed by atoms with Crippen LogP contribution < -0.4 is 0 Å². The Morgan fingerprint density at radius 2 is 2.44 bits per heavy atom. The second-order valence-corrected chi connectivity index (χ2v) is 4.62. The standard InChI is InChI=1S/C11H12N4O2S/c1-14(4-9-2-3-18-8-9)11(17)6-15-5-10(7-16)12-13-15/h2-3,5,7-8H,4,6H2,1H3. The molecule has 0 atom stereocenters. The number of nitrogens with zero attached hydrogens (tertiary/aromatic N) is 4. The molecule has 0 saturated carbocycles. The van der Waals surface area contributed by atoms with E-state index in [1.54, 1.807) is 23.3 Å². The Bertz CT molecular complexity index is 535. The van der Waals surface area contributed by atoms with Gasteiger partial charge in [0, 0.05) is 13.6 Å². The third kappa shape index (κ3) is 3.01. The lowest BCUT2D eigenvalue weighted by atomic mass is 10.3. The topological polar surface area (TPSA) is 68.1 Å². The smallest absolute Gasteiger partial charge is 0.244 e. The second-order valence-electron chi connectivity index (χ2n) is 3.84. The highest BCUT2D eigenvalue weighted by atomic mass is 32.1. The van der Waals surface area contributed by atoms with Gasteiger partial charge in [-0.1, -0.05) is 5.21 Å². The average Bonchev–Trinajstić information content (AvgIpc) is 3.00. The molecule has 0 saturated heterocycles. The van der Waals surface area contributed by atoms with Crippen molar-refractivity contribution in [2.45, 2.75) is 13.1 Å². The molecular formula is C11H12N4O2S. The minimum atomic E-state index is -0.0800. The highest BCUT2D eigenvalue weighted by Crippen LogP contribution is 2.08. The van der Waals surface area contributed by atoms with E-state index in [1.807, 2.05) is 16.8 Å². The quantitative estimate of drug-likeness (QED) is 0.749. The van der Waals surface area contributed by atoms with Crippen LogP contribution in [0.2, 0.25) is 0 Å². The largest absolute Gasteiger partial charge is 0.340 e. The summed E-state index contributed by atoms with van der Waals surface area (Å²) in [6, 6.07) is 1.98. The number of carbonyl (C=O) groups is 2. The highest BCUT2D eigenvalue weighted by molar-refractivity contribution is 7.07. The molecule has 6 nitrogen and oxygen atoms in total. The molecule has 0 aliphatic rings. The van der Waals surface area contributed by atoms with Gasteiger partial charge in [-0.3, -0.25) is 9.59 Å². The summed E-state index contributed by atoms with van der Waals surface area (Å²) in [6.07, 6.45) is 2.05. The molecule has 2 heterocycles. The molecule has 0 fully saturated rings. The maximum absolute atomic E-state index is 11.9. The number of thiophene rings is 1. The SMILES string of the molecule is CN(Cc1ccsc1)C(=O)Cn1cc(C=O)nn1. The van der Waals surface area contributed by atoms with Gasteiger partial charge in [-0.25, -0.2) is 4.68 Å². The molecule has 0 unspecified atom stereocenters. The zero-order valence-corrected chi connectivity index (χ0v) is 10.6. The number of hydrogen-bond donors (Lipinski definition) is 0. The fourth-order valence-electron chi connectivity index (χ4n) is 1.45. The minimum Gasteiger partial charge on any atom is -0.340 e. The van der Waals surface area contributed by atoms with Gasteiger partial charge in [0.25, 0.3) is 0 Å². The summed E-state index contributed by atoms with van der Waals surface area (Å²) in [4.78, 5) is 23.9. The first-order chi connectivity index (χ1) is 8.69. The summed E-state index contributed by atoms with van der Waals surface area (Å²) >= 11 is 1.60. The van der Waals surface area contributed by atoms with Crippen molar-refractivity contribution >= 4 is 23.5 Å². The number of aromatic nitrogens is 3. The lowest BCUT2D eigenvalue weighted by molar-refractivity contribution is -0.131. The summed E-state index contributed by atoms with van der Waals surface area (Å²) in [5, 5.41) is 11.3. The third-order valence-electron chi connectivity index (χ3n) is 2.40. The van der Waals surface area contributed by atoms with Crippen molar-refractivity contribution in [3.05, 3.63) is 34.3 Å². The van der Waals surface area contributed by atoms with Crippen LogP contribution in [0.1, 0.15) is 16.1 Å². The van der Waals surface area contributed by atoms with E-state index in [0.29, 0.717) is 12.8 Å². The molecule has 2 rings (SSSR count). The van der Waals surface area contributed by atoms with Crippen molar-refractivity contribution in [1.29, 1.82) is 0 Å². The van der Waals surface area contributed by atoms with Crippen molar-refractivity contribution in [3.63, 3.8) is 0 Å². The zero-order valence-electron chi connectivity index (χ0n) is 9.81. The van der Waals surface area contributed by atoms with E-state index in [4.69, 9.17) is 0 Å². The minimum absolute atomic E-state index is 0.0800. The molecule has 18 heavy (non-hydrogen) atoms. The van der Waals surface area contributed by atoms with Crippen LogP contribution in [0.4, 0.5) is 0 Å². The molecule has 0 aromatic carbocycles. The Hall–Kier alpha value is -2.02. The molecule has 0 aliphatic carbocycles. The molecule has 1 amide bonds. The van der Waals surface area contributed by atoms with Crippen LogP contribution in [0, 0.1) is 0 Å². The zero-order chi connectivity index (χ0) is 13.0. The molecule has 0 bridgehead atoms. The molecule has 2 aromatic heterocycles. The van der Waals surface area contributed by atoms with Crippen LogP contribution in [-0.2, 0) is 17.9 Å². The molecular weight excluding hydrogens is 252 g/mol. The van der Waals surface area contributed by atoms with Crippen molar-refractivity contribution in [1.82, 2.24) is 19.9 Å². The van der Waals surface area contributed by atoms with Crippen LogP contribution in [0.25, 0.3) is 0 Å². The predicted molar refractivity (Wildman–Crippen MR) is 66.2 cm³/mol. The number of amides is 1. The summed E-state index contributed by atoms with van der Waals surface area (Å²) in [6.45, 7) is 0.652. The van der Waals surface area contributed by atoms with Gasteiger partial charge < -0.3 is 4.90 Å². The second kappa shape index (κ2) is 5.54. The third-order valence-corrected chi connectivity index (χ3v) is 3.13. The molecule has 0 spiro atoms. The molecule has 0 N–H and O–H groups in total. The maximum atomic E-state index is 11.9. The van der Waals surface area contributed by atoms with Crippen LogP contribution in [-0.4, -0.2) is 39.1 Å². The normalized spacial score (nSPS) is 10.3. The van der Waals surface area contributed by atoms with Crippen molar-refractivity contribution in [2.24, 2.45) is 0 Å². The summed E-state index contributed by atoms with van der Waals surface area (Å²) in [5.74, 6) is -0.0800. The first-order valence-corrected chi connectivity index (χ1v) is 6.23. The van der Waals surface area contributed by atoms with Gasteiger partial charge in [-0.2, -0.15) is 11.3 Å². The van der Waals surface area contributed by atoms with Crippen molar-refractivity contribution in [3.8, 4) is 0 Å². The Kier molecular flexibility index (Phi) is 3.83. The summed E-state index contributed by atoms with van der Waals surface area (Å²) in [7, 11) is 1.73. The number of hydrogen-bond acceptors (Lipinski definition) is 5. The van der Waals surface area contributed by atoms with Gasteiger partial charge in [-0.05, 0) is 22.4 Å². The van der Waals surface area contributed by atoms with Crippen LogP contribution in [0.5, 0.6) is 0 Å². The summed E-state index contributed by atoms with van der Waals surface area (Å²) in [5.41, 5.74) is 1.33. The lowest BCUT2D eigenvalue weighted by Gasteiger charge is -2.16. The molecule has 2 aromatic rings. The van der Waals surface area contributed by atoms with Gasteiger partial charge in [0.15, 0.2) is 6.29 Å². The Balaban J connectivity index is 1.92. The summed E-state index contributed by atoms with van der Waals surface area (Å²) < 4.78 is 1.36. The van der Waals surface area contributed by atoms with E-state index < -0.39 is 0 Å². The Morgan fingerprint density at radius 1 is 1.61 bits per heavy atom. The van der Waals surface area contributed by atoms with Gasteiger partial charge in [0.1, 0.15) is 12.2 Å². The fourth-order valence-corrected chi connectivity index (χ4v) is 2.11. The Morgan fingerprint density at radius 3 is 3.06 bits per heavy atom. The first kappa shape index (κ1) is 12.4. The molecule has 0 aliphatic heterocycles. The van der Waals surface area contributed by atoms with Crippen molar-refractivity contribution in [2.75, 3.05) is 7.05 Å². The molecule has 0 radical (unpaired) electrons. The van der Waals surface area contributed by atoms with Gasteiger partial charge in [0.2, 0.25) is 5.91 Å². The van der Waals surface area contributed by atoms with Gasteiger partial charge in [-0.15, -0.1) is 5.10 Å². The first-order valence-electron chi connectivity index (χ1n) is 5.29. The van der Waals surface area contributed by atoms with E-state index in [0.717, 1.165) is 5.56 Å². The van der Waals surface area contributed by atoms with Crippen LogP contribution in [0.3, 0.4) is 0 Å². The number of carbonyl (C=O) groups excluding carboxylic acids is 2. The van der Waals surface area contributed by atoms with Gasteiger partial charge in [0.05, 0.1) is 6.20 Å². The molecule has 94 valence electrons. The van der Waals surface area contributed by atoms with E-state index in [-0.39, 0.29) is 18.1 Å². The number of aldehydes is 1. The van der Waals surface area contributed by atoms with Crippen LogP contribution >= 0.6 is 11.3 Å². The maximum Gasteiger partial charge on any atom is 0.244 e. The van der Waals surface area contributed by atoms with E-state index >= 15 is 0 Å². The predicted octanol–water partition coefficient (Wildman–Crippen LogP) is 0.811. The molecule has 7 heteroatoms. The number of rotatable bonds is 5. The Labute approximate surface area is 108 Å². The highest BCUT2D eigenvalue weighted by Gasteiger charge is 2.11. The van der Waals surface area contributed by atoms with Crippen LogP contribution in [0.15, 0.2) is 23.0 Å². The average molecular weight is 264 g/mol.